The van der Waals surface area contributed by atoms with E-state index in [0.29, 0.717) is 30.8 Å². The van der Waals surface area contributed by atoms with E-state index in [-0.39, 0.29) is 0 Å². The number of carbonyl (C=O) groups excluding carboxylic acids is 2. The smallest absolute Gasteiger partial charge is 0.307 e. The lowest BCUT2D eigenvalue weighted by molar-refractivity contribution is -0.147. The van der Waals surface area contributed by atoms with Gasteiger partial charge in [-0.3, -0.25) is 25.2 Å². The number of aliphatic carboxylic acids is 1. The third kappa shape index (κ3) is 5.58. The molecule has 152 valence electrons. The van der Waals surface area contributed by atoms with Gasteiger partial charge in [0.15, 0.2) is 0 Å². The van der Waals surface area contributed by atoms with Crippen LogP contribution < -0.4 is 15.6 Å². The van der Waals surface area contributed by atoms with Crippen LogP contribution in [0.5, 0.6) is 5.75 Å². The summed E-state index contributed by atoms with van der Waals surface area (Å²) in [4.78, 5) is 36.2. The Labute approximate surface area is 165 Å². The molecule has 0 spiro atoms. The van der Waals surface area contributed by atoms with Crippen LogP contribution in [0.1, 0.15) is 56.8 Å². The van der Waals surface area contributed by atoms with E-state index in [1.165, 1.54) is 0 Å². The molecule has 0 aliphatic heterocycles. The molecule has 2 rings (SSSR count). The van der Waals surface area contributed by atoms with E-state index in [2.05, 4.69) is 17.8 Å². The van der Waals surface area contributed by atoms with Crippen molar-refractivity contribution < 1.29 is 24.2 Å². The largest absolute Gasteiger partial charge is 0.494 e. The molecule has 7 nitrogen and oxygen atoms in total. The SMILES string of the molecule is CCCCOc1ccc(C(=O)NNC(=O)[C@H]2CC(C)=C(C)C[C@@H]2C(=O)O)cc1. The third-order valence-corrected chi connectivity index (χ3v) is 5.10. The van der Waals surface area contributed by atoms with Crippen molar-refractivity contribution in [2.24, 2.45) is 11.8 Å². The number of carbonyl (C=O) groups is 3. The minimum absolute atomic E-state index is 0.340. The van der Waals surface area contributed by atoms with E-state index in [9.17, 15) is 19.5 Å². The van der Waals surface area contributed by atoms with Gasteiger partial charge in [-0.05, 0) is 57.4 Å². The van der Waals surface area contributed by atoms with Crippen LogP contribution in [0, 0.1) is 11.8 Å². The maximum atomic E-state index is 12.5. The number of carboxylic acid groups (broad SMARTS) is 1. The maximum absolute atomic E-state index is 12.5. The van der Waals surface area contributed by atoms with Crippen LogP contribution in [0.2, 0.25) is 0 Å². The van der Waals surface area contributed by atoms with E-state index in [4.69, 9.17) is 4.74 Å². The molecule has 2 amide bonds. The summed E-state index contributed by atoms with van der Waals surface area (Å²) in [5, 5.41) is 9.42. The number of hydrazine groups is 1. The number of hydrogen-bond donors (Lipinski definition) is 3. The number of carboxylic acids is 1. The van der Waals surface area contributed by atoms with Gasteiger partial charge in [-0.2, -0.15) is 0 Å². The summed E-state index contributed by atoms with van der Waals surface area (Å²) in [6.45, 7) is 6.49. The second-order valence-corrected chi connectivity index (χ2v) is 7.19. The molecule has 0 radical (unpaired) electrons. The first-order chi connectivity index (χ1) is 13.3. The Bertz CT molecular complexity index is 755. The predicted molar refractivity (Wildman–Crippen MR) is 105 cm³/mol. The molecule has 1 aromatic carbocycles. The van der Waals surface area contributed by atoms with E-state index in [1.807, 2.05) is 13.8 Å². The van der Waals surface area contributed by atoms with Gasteiger partial charge in [0, 0.05) is 5.56 Å². The van der Waals surface area contributed by atoms with Crippen molar-refractivity contribution in [2.45, 2.75) is 46.5 Å². The van der Waals surface area contributed by atoms with Crippen molar-refractivity contribution in [1.82, 2.24) is 10.9 Å². The monoisotopic (exact) mass is 388 g/mol. The summed E-state index contributed by atoms with van der Waals surface area (Å²) in [6.07, 6.45) is 2.71. The zero-order chi connectivity index (χ0) is 20.7. The zero-order valence-electron chi connectivity index (χ0n) is 16.6. The van der Waals surface area contributed by atoms with Crippen LogP contribution in [0.4, 0.5) is 0 Å². The summed E-state index contributed by atoms with van der Waals surface area (Å²) in [5.74, 6) is -2.79. The molecule has 7 heteroatoms. The Morgan fingerprint density at radius 1 is 1.04 bits per heavy atom. The van der Waals surface area contributed by atoms with E-state index in [1.54, 1.807) is 24.3 Å². The summed E-state index contributed by atoms with van der Waals surface area (Å²) in [6, 6.07) is 6.62. The molecule has 0 fully saturated rings. The molecule has 0 saturated carbocycles. The van der Waals surface area contributed by atoms with Crippen molar-refractivity contribution in [2.75, 3.05) is 6.61 Å². The maximum Gasteiger partial charge on any atom is 0.307 e. The van der Waals surface area contributed by atoms with Crippen LogP contribution in [0.3, 0.4) is 0 Å². The second-order valence-electron chi connectivity index (χ2n) is 7.19. The van der Waals surface area contributed by atoms with Crippen molar-refractivity contribution >= 4 is 17.8 Å². The highest BCUT2D eigenvalue weighted by molar-refractivity contribution is 5.96. The summed E-state index contributed by atoms with van der Waals surface area (Å²) >= 11 is 0. The lowest BCUT2D eigenvalue weighted by Crippen LogP contribution is -2.48. The number of amides is 2. The molecule has 0 heterocycles. The van der Waals surface area contributed by atoms with Crippen molar-refractivity contribution in [3.05, 3.63) is 41.0 Å². The fourth-order valence-electron chi connectivity index (χ4n) is 3.15. The van der Waals surface area contributed by atoms with E-state index in [0.717, 1.165) is 24.0 Å². The van der Waals surface area contributed by atoms with Crippen LogP contribution in [0.15, 0.2) is 35.4 Å². The first-order valence-corrected chi connectivity index (χ1v) is 9.54. The third-order valence-electron chi connectivity index (χ3n) is 5.10. The van der Waals surface area contributed by atoms with Crippen molar-refractivity contribution in [1.29, 1.82) is 0 Å². The molecular weight excluding hydrogens is 360 g/mol. The van der Waals surface area contributed by atoms with Crippen LogP contribution in [0.25, 0.3) is 0 Å². The van der Waals surface area contributed by atoms with Gasteiger partial charge in [0.05, 0.1) is 18.4 Å². The molecule has 3 N–H and O–H groups in total. The van der Waals surface area contributed by atoms with Gasteiger partial charge >= 0.3 is 5.97 Å². The molecule has 28 heavy (non-hydrogen) atoms. The average molecular weight is 388 g/mol. The van der Waals surface area contributed by atoms with Crippen LogP contribution in [-0.2, 0) is 9.59 Å². The van der Waals surface area contributed by atoms with Crippen LogP contribution >= 0.6 is 0 Å². The number of nitrogens with one attached hydrogen (secondary N) is 2. The first-order valence-electron chi connectivity index (χ1n) is 9.54. The summed E-state index contributed by atoms with van der Waals surface area (Å²) in [7, 11) is 0. The van der Waals surface area contributed by atoms with Gasteiger partial charge in [0.1, 0.15) is 5.75 Å². The quantitative estimate of drug-likeness (QED) is 0.378. The van der Waals surface area contributed by atoms with Crippen LogP contribution in [-0.4, -0.2) is 29.5 Å². The zero-order valence-corrected chi connectivity index (χ0v) is 16.6. The van der Waals surface area contributed by atoms with Gasteiger partial charge < -0.3 is 9.84 Å². The Kier molecular flexibility index (Phi) is 7.61. The number of ether oxygens (including phenoxy) is 1. The molecule has 0 unspecified atom stereocenters. The number of hydrogen-bond acceptors (Lipinski definition) is 4. The molecule has 2 atom stereocenters. The molecule has 0 bridgehead atoms. The topological polar surface area (TPSA) is 105 Å². The second kappa shape index (κ2) is 9.92. The number of rotatable bonds is 7. The standard InChI is InChI=1S/C21H28N2O5/c1-4-5-10-28-16-8-6-15(7-9-16)19(24)22-23-20(25)17-11-13(2)14(3)12-18(17)21(26)27/h6-9,17-18H,4-5,10-12H2,1-3H3,(H,22,24)(H,23,25)(H,26,27)/t17-,18-/m0/s1. The molecule has 1 aromatic rings. The van der Waals surface area contributed by atoms with E-state index >= 15 is 0 Å². The minimum Gasteiger partial charge on any atom is -0.494 e. The molecule has 0 aromatic heterocycles. The highest BCUT2D eigenvalue weighted by Crippen LogP contribution is 2.34. The van der Waals surface area contributed by atoms with Gasteiger partial charge in [-0.25, -0.2) is 0 Å². The molecular formula is C21H28N2O5. The summed E-state index contributed by atoms with van der Waals surface area (Å²) in [5.41, 5.74) is 7.12. The lowest BCUT2D eigenvalue weighted by atomic mass is 9.76. The Morgan fingerprint density at radius 3 is 2.21 bits per heavy atom. The normalized spacial score (nSPS) is 19.1. The van der Waals surface area contributed by atoms with Crippen molar-refractivity contribution in [3.8, 4) is 5.75 Å². The molecule has 1 aliphatic rings. The highest BCUT2D eigenvalue weighted by Gasteiger charge is 2.37. The average Bonchev–Trinajstić information content (AvgIpc) is 2.68. The number of benzene rings is 1. The molecule has 0 saturated heterocycles. The van der Waals surface area contributed by atoms with Gasteiger partial charge in [-0.15, -0.1) is 0 Å². The minimum atomic E-state index is -1.00. The lowest BCUT2D eigenvalue weighted by Gasteiger charge is -2.29. The van der Waals surface area contributed by atoms with Gasteiger partial charge in [0.2, 0.25) is 5.91 Å². The first kappa shape index (κ1) is 21.5. The highest BCUT2D eigenvalue weighted by atomic mass is 16.5. The molecule has 1 aliphatic carbocycles. The number of allylic oxidation sites excluding steroid dienone is 2. The predicted octanol–water partition coefficient (Wildman–Crippen LogP) is 3.07. The Balaban J connectivity index is 1.92. The fourth-order valence-corrected chi connectivity index (χ4v) is 3.15. The van der Waals surface area contributed by atoms with Gasteiger partial charge in [-0.1, -0.05) is 24.5 Å². The summed E-state index contributed by atoms with van der Waals surface area (Å²) < 4.78 is 5.55. The van der Waals surface area contributed by atoms with Crippen molar-refractivity contribution in [3.63, 3.8) is 0 Å². The van der Waals surface area contributed by atoms with Gasteiger partial charge in [0.25, 0.3) is 5.91 Å². The Morgan fingerprint density at radius 2 is 1.64 bits per heavy atom. The fraction of sp³-hybridized carbons (Fsp3) is 0.476. The van der Waals surface area contributed by atoms with E-state index < -0.39 is 29.6 Å². The number of unbranched alkanes of at least 4 members (excludes halogenated alkanes) is 1. The Hall–Kier alpha value is -2.83.